The van der Waals surface area contributed by atoms with E-state index < -0.39 is 0 Å². The maximum absolute atomic E-state index is 12.6. The number of methoxy groups -OCH3 is 1. The maximum Gasteiger partial charge on any atom is 0.255 e. The van der Waals surface area contributed by atoms with Crippen LogP contribution in [0.1, 0.15) is 17.3 Å². The van der Waals surface area contributed by atoms with Crippen molar-refractivity contribution >= 4 is 23.2 Å². The number of carbonyl (C=O) groups excluding carboxylic acids is 2. The first-order chi connectivity index (χ1) is 12.6. The van der Waals surface area contributed by atoms with Gasteiger partial charge in [0.25, 0.3) is 5.91 Å². The third-order valence-electron chi connectivity index (χ3n) is 4.57. The topological polar surface area (TPSA) is 61.9 Å². The predicted molar refractivity (Wildman–Crippen MR) is 102 cm³/mol. The van der Waals surface area contributed by atoms with Gasteiger partial charge in [0, 0.05) is 38.7 Å². The molecule has 0 unspecified atom stereocenters. The average Bonchev–Trinajstić information content (AvgIpc) is 2.68. The van der Waals surface area contributed by atoms with Gasteiger partial charge in [0.1, 0.15) is 5.75 Å². The highest BCUT2D eigenvalue weighted by Gasteiger charge is 2.21. The lowest BCUT2D eigenvalue weighted by atomic mass is 10.1. The number of benzene rings is 2. The number of hydrogen-bond donors (Lipinski definition) is 1. The molecule has 1 aliphatic rings. The lowest BCUT2D eigenvalue weighted by Gasteiger charge is -2.36. The summed E-state index contributed by atoms with van der Waals surface area (Å²) in [6, 6.07) is 14.8. The molecule has 136 valence electrons. The molecule has 3 rings (SSSR count). The summed E-state index contributed by atoms with van der Waals surface area (Å²) in [4.78, 5) is 28.1. The minimum absolute atomic E-state index is 0.103. The molecule has 1 fully saturated rings. The third kappa shape index (κ3) is 3.96. The molecule has 2 aromatic rings. The number of piperazine rings is 1. The van der Waals surface area contributed by atoms with Gasteiger partial charge < -0.3 is 19.9 Å². The van der Waals surface area contributed by atoms with E-state index in [0.29, 0.717) is 24.4 Å². The summed E-state index contributed by atoms with van der Waals surface area (Å²) in [5.41, 5.74) is 2.31. The highest BCUT2D eigenvalue weighted by Crippen LogP contribution is 2.27. The van der Waals surface area contributed by atoms with Crippen LogP contribution in [0.2, 0.25) is 0 Å². The number of rotatable bonds is 4. The zero-order chi connectivity index (χ0) is 18.5. The van der Waals surface area contributed by atoms with Crippen LogP contribution in [0.4, 0.5) is 11.4 Å². The van der Waals surface area contributed by atoms with Crippen LogP contribution in [0.25, 0.3) is 0 Å². The molecule has 0 aliphatic carbocycles. The number of anilines is 2. The number of para-hydroxylation sites is 2. The molecule has 6 heteroatoms. The second-order valence-electron chi connectivity index (χ2n) is 6.19. The van der Waals surface area contributed by atoms with Crippen molar-refractivity contribution in [1.82, 2.24) is 4.90 Å². The number of amides is 2. The van der Waals surface area contributed by atoms with Crippen molar-refractivity contribution in [2.75, 3.05) is 43.5 Å². The maximum atomic E-state index is 12.6. The Labute approximate surface area is 153 Å². The summed E-state index contributed by atoms with van der Waals surface area (Å²) in [7, 11) is 1.59. The van der Waals surface area contributed by atoms with E-state index in [2.05, 4.69) is 10.2 Å². The van der Waals surface area contributed by atoms with Gasteiger partial charge in [0.05, 0.1) is 18.5 Å². The van der Waals surface area contributed by atoms with E-state index >= 15 is 0 Å². The molecule has 6 nitrogen and oxygen atoms in total. The van der Waals surface area contributed by atoms with Crippen LogP contribution in [0.15, 0.2) is 48.5 Å². The Morgan fingerprint density at radius 3 is 2.23 bits per heavy atom. The molecule has 2 amide bonds. The number of ether oxygens (including phenoxy) is 1. The van der Waals surface area contributed by atoms with E-state index in [0.717, 1.165) is 24.5 Å². The Balaban J connectivity index is 1.73. The molecule has 1 aliphatic heterocycles. The summed E-state index contributed by atoms with van der Waals surface area (Å²) in [5.74, 6) is 0.651. The zero-order valence-electron chi connectivity index (χ0n) is 15.1. The van der Waals surface area contributed by atoms with Gasteiger partial charge >= 0.3 is 0 Å². The summed E-state index contributed by atoms with van der Waals surface area (Å²) >= 11 is 0. The Hall–Kier alpha value is -3.02. The summed E-state index contributed by atoms with van der Waals surface area (Å²) in [6.07, 6.45) is 0. The lowest BCUT2D eigenvalue weighted by Crippen LogP contribution is -2.48. The van der Waals surface area contributed by atoms with E-state index in [1.54, 1.807) is 38.3 Å². The Kier molecular flexibility index (Phi) is 5.41. The van der Waals surface area contributed by atoms with Gasteiger partial charge in [0.2, 0.25) is 5.91 Å². The van der Waals surface area contributed by atoms with Crippen LogP contribution in [-0.2, 0) is 4.79 Å². The smallest absolute Gasteiger partial charge is 0.255 e. The SMILES string of the molecule is COc1ccc(C(=O)Nc2ccccc2N2CCN(C(C)=O)CC2)cc1. The van der Waals surface area contributed by atoms with E-state index in [9.17, 15) is 9.59 Å². The van der Waals surface area contributed by atoms with Crippen molar-refractivity contribution in [2.24, 2.45) is 0 Å². The summed E-state index contributed by atoms with van der Waals surface area (Å²) < 4.78 is 5.12. The first-order valence-electron chi connectivity index (χ1n) is 8.63. The monoisotopic (exact) mass is 353 g/mol. The van der Waals surface area contributed by atoms with Crippen LogP contribution in [0.3, 0.4) is 0 Å². The molecule has 26 heavy (non-hydrogen) atoms. The number of nitrogens with zero attached hydrogens (tertiary/aromatic N) is 2. The van der Waals surface area contributed by atoms with Crippen LogP contribution in [0.5, 0.6) is 5.75 Å². The fraction of sp³-hybridized carbons (Fsp3) is 0.300. The van der Waals surface area contributed by atoms with Gasteiger partial charge in [0.15, 0.2) is 0 Å². The molecule has 0 saturated carbocycles. The zero-order valence-corrected chi connectivity index (χ0v) is 15.1. The number of hydrogen-bond acceptors (Lipinski definition) is 4. The number of nitrogens with one attached hydrogen (secondary N) is 1. The van der Waals surface area contributed by atoms with Crippen LogP contribution < -0.4 is 15.0 Å². The van der Waals surface area contributed by atoms with Crippen molar-refractivity contribution in [3.8, 4) is 5.75 Å². The van der Waals surface area contributed by atoms with Crippen molar-refractivity contribution in [2.45, 2.75) is 6.92 Å². The minimum Gasteiger partial charge on any atom is -0.497 e. The largest absolute Gasteiger partial charge is 0.497 e. The summed E-state index contributed by atoms with van der Waals surface area (Å²) in [6.45, 7) is 4.47. The first kappa shape index (κ1) is 17.8. The molecule has 0 spiro atoms. The molecule has 0 aromatic heterocycles. The second-order valence-corrected chi connectivity index (χ2v) is 6.19. The molecule has 1 saturated heterocycles. The van der Waals surface area contributed by atoms with Gasteiger partial charge in [-0.25, -0.2) is 0 Å². The molecule has 1 heterocycles. The highest BCUT2D eigenvalue weighted by atomic mass is 16.5. The van der Waals surface area contributed by atoms with Crippen molar-refractivity contribution < 1.29 is 14.3 Å². The highest BCUT2D eigenvalue weighted by molar-refractivity contribution is 6.06. The second kappa shape index (κ2) is 7.91. The normalized spacial score (nSPS) is 14.1. The minimum atomic E-state index is -0.164. The van der Waals surface area contributed by atoms with E-state index in [1.165, 1.54) is 0 Å². The van der Waals surface area contributed by atoms with Gasteiger partial charge in [-0.1, -0.05) is 12.1 Å². The molecular weight excluding hydrogens is 330 g/mol. The van der Waals surface area contributed by atoms with Crippen molar-refractivity contribution in [1.29, 1.82) is 0 Å². The van der Waals surface area contributed by atoms with Crippen LogP contribution in [-0.4, -0.2) is 50.0 Å². The summed E-state index contributed by atoms with van der Waals surface area (Å²) in [5, 5.41) is 2.99. The van der Waals surface area contributed by atoms with E-state index in [4.69, 9.17) is 4.74 Å². The van der Waals surface area contributed by atoms with Crippen LogP contribution in [0, 0.1) is 0 Å². The Morgan fingerprint density at radius 2 is 1.62 bits per heavy atom. The molecule has 1 N–H and O–H groups in total. The quantitative estimate of drug-likeness (QED) is 0.918. The Morgan fingerprint density at radius 1 is 0.962 bits per heavy atom. The van der Waals surface area contributed by atoms with Crippen LogP contribution >= 0.6 is 0 Å². The Bertz CT molecular complexity index is 781. The van der Waals surface area contributed by atoms with E-state index in [-0.39, 0.29) is 11.8 Å². The molecule has 0 bridgehead atoms. The van der Waals surface area contributed by atoms with Gasteiger partial charge in [-0.05, 0) is 36.4 Å². The van der Waals surface area contributed by atoms with Gasteiger partial charge in [-0.15, -0.1) is 0 Å². The third-order valence-corrected chi connectivity index (χ3v) is 4.57. The van der Waals surface area contributed by atoms with Crippen molar-refractivity contribution in [3.63, 3.8) is 0 Å². The fourth-order valence-electron chi connectivity index (χ4n) is 3.05. The molecular formula is C20H23N3O3. The predicted octanol–water partition coefficient (Wildman–Crippen LogP) is 2.62. The standard InChI is InChI=1S/C20H23N3O3/c1-15(24)22-11-13-23(14-12-22)19-6-4-3-5-18(19)21-20(25)16-7-9-17(26-2)10-8-16/h3-10H,11-14H2,1-2H3,(H,21,25). The molecule has 0 radical (unpaired) electrons. The van der Waals surface area contributed by atoms with Gasteiger partial charge in [-0.2, -0.15) is 0 Å². The van der Waals surface area contributed by atoms with Gasteiger partial charge in [-0.3, -0.25) is 9.59 Å². The van der Waals surface area contributed by atoms with Crippen molar-refractivity contribution in [3.05, 3.63) is 54.1 Å². The average molecular weight is 353 g/mol. The molecule has 0 atom stereocenters. The first-order valence-corrected chi connectivity index (χ1v) is 8.63. The number of carbonyl (C=O) groups is 2. The lowest BCUT2D eigenvalue weighted by molar-refractivity contribution is -0.129. The van der Waals surface area contributed by atoms with E-state index in [1.807, 2.05) is 29.2 Å². The fourth-order valence-corrected chi connectivity index (χ4v) is 3.05. The molecule has 2 aromatic carbocycles.